The summed E-state index contributed by atoms with van der Waals surface area (Å²) >= 11 is 0. The Morgan fingerprint density at radius 1 is 1.40 bits per heavy atom. The average Bonchev–Trinajstić information content (AvgIpc) is 2.21. The number of nitrogens with one attached hydrogen (secondary N) is 1. The third-order valence-corrected chi connectivity index (χ3v) is 1.94. The van der Waals surface area contributed by atoms with Crippen molar-refractivity contribution in [2.45, 2.75) is 33.2 Å². The van der Waals surface area contributed by atoms with Crippen molar-refractivity contribution in [2.75, 3.05) is 26.9 Å². The van der Waals surface area contributed by atoms with Gasteiger partial charge in [0.15, 0.2) is 0 Å². The minimum atomic E-state index is -0.243. The first-order valence-corrected chi connectivity index (χ1v) is 5.50. The van der Waals surface area contributed by atoms with E-state index in [0.717, 1.165) is 13.2 Å². The highest BCUT2D eigenvalue weighted by atomic mass is 16.5. The van der Waals surface area contributed by atoms with Crippen LogP contribution < -0.4 is 5.32 Å². The van der Waals surface area contributed by atoms with Gasteiger partial charge in [-0.15, -0.1) is 0 Å². The monoisotopic (exact) mass is 217 g/mol. The van der Waals surface area contributed by atoms with Crippen LogP contribution in [0.4, 0.5) is 0 Å². The van der Waals surface area contributed by atoms with E-state index in [9.17, 15) is 4.79 Å². The molecule has 0 spiro atoms. The van der Waals surface area contributed by atoms with E-state index < -0.39 is 0 Å². The van der Waals surface area contributed by atoms with Gasteiger partial charge >= 0.3 is 5.97 Å². The van der Waals surface area contributed by atoms with Gasteiger partial charge in [0.1, 0.15) is 6.04 Å². The second-order valence-electron chi connectivity index (χ2n) is 3.89. The standard InChI is InChI=1S/C11H23NO3/c1-5-12-10(11(13)14-4)6-7-15-8-9(2)3/h9-10,12H,5-8H2,1-4H3. The Bertz CT molecular complexity index is 171. The van der Waals surface area contributed by atoms with Crippen molar-refractivity contribution in [1.82, 2.24) is 5.32 Å². The van der Waals surface area contributed by atoms with Gasteiger partial charge in [0.25, 0.3) is 0 Å². The third-order valence-electron chi connectivity index (χ3n) is 1.94. The number of carbonyl (C=O) groups is 1. The van der Waals surface area contributed by atoms with Crippen molar-refractivity contribution in [3.63, 3.8) is 0 Å². The lowest BCUT2D eigenvalue weighted by Crippen LogP contribution is -2.38. The average molecular weight is 217 g/mol. The molecule has 0 amide bonds. The number of esters is 1. The lowest BCUT2D eigenvalue weighted by Gasteiger charge is -2.15. The SMILES string of the molecule is CCNC(CCOCC(C)C)C(=O)OC. The van der Waals surface area contributed by atoms with Gasteiger partial charge in [0, 0.05) is 13.2 Å². The summed E-state index contributed by atoms with van der Waals surface area (Å²) in [6.45, 7) is 8.24. The van der Waals surface area contributed by atoms with Gasteiger partial charge in [-0.2, -0.15) is 0 Å². The molecule has 1 unspecified atom stereocenters. The lowest BCUT2D eigenvalue weighted by molar-refractivity contribution is -0.143. The van der Waals surface area contributed by atoms with E-state index in [0.29, 0.717) is 18.9 Å². The molecule has 15 heavy (non-hydrogen) atoms. The molecule has 4 heteroatoms. The molecule has 0 fully saturated rings. The number of hydrogen-bond donors (Lipinski definition) is 1. The van der Waals surface area contributed by atoms with Crippen LogP contribution in [0.25, 0.3) is 0 Å². The van der Waals surface area contributed by atoms with E-state index in [1.165, 1.54) is 7.11 Å². The minimum Gasteiger partial charge on any atom is -0.468 e. The van der Waals surface area contributed by atoms with Gasteiger partial charge < -0.3 is 14.8 Å². The quantitative estimate of drug-likeness (QED) is 0.490. The molecule has 4 nitrogen and oxygen atoms in total. The zero-order valence-electron chi connectivity index (χ0n) is 10.2. The maximum Gasteiger partial charge on any atom is 0.322 e. The van der Waals surface area contributed by atoms with Crippen LogP contribution in [0.2, 0.25) is 0 Å². The van der Waals surface area contributed by atoms with E-state index in [-0.39, 0.29) is 12.0 Å². The van der Waals surface area contributed by atoms with Crippen LogP contribution in [0.1, 0.15) is 27.2 Å². The van der Waals surface area contributed by atoms with Crippen molar-refractivity contribution in [3.8, 4) is 0 Å². The number of carbonyl (C=O) groups excluding carboxylic acids is 1. The molecule has 0 radical (unpaired) electrons. The van der Waals surface area contributed by atoms with Crippen LogP contribution in [-0.4, -0.2) is 38.9 Å². The van der Waals surface area contributed by atoms with Crippen LogP contribution in [0.3, 0.4) is 0 Å². The Kier molecular flexibility index (Phi) is 8.33. The molecule has 0 aromatic heterocycles. The molecular formula is C11H23NO3. The Morgan fingerprint density at radius 2 is 2.07 bits per heavy atom. The predicted octanol–water partition coefficient (Wildman–Crippen LogP) is 1.20. The fraction of sp³-hybridized carbons (Fsp3) is 0.909. The summed E-state index contributed by atoms with van der Waals surface area (Å²) in [6, 6.07) is -0.243. The highest BCUT2D eigenvalue weighted by Gasteiger charge is 2.17. The summed E-state index contributed by atoms with van der Waals surface area (Å²) in [4.78, 5) is 11.3. The molecule has 0 aliphatic carbocycles. The first kappa shape index (κ1) is 14.4. The number of likely N-dealkylation sites (N-methyl/N-ethyl adjacent to an activating group) is 1. The zero-order chi connectivity index (χ0) is 11.7. The molecular weight excluding hydrogens is 194 g/mol. The fourth-order valence-corrected chi connectivity index (χ4v) is 1.21. The first-order chi connectivity index (χ1) is 7.11. The van der Waals surface area contributed by atoms with Crippen LogP contribution in [0, 0.1) is 5.92 Å². The normalized spacial score (nSPS) is 12.9. The predicted molar refractivity (Wildman–Crippen MR) is 59.8 cm³/mol. The highest BCUT2D eigenvalue weighted by Crippen LogP contribution is 1.98. The first-order valence-electron chi connectivity index (χ1n) is 5.50. The number of methoxy groups -OCH3 is 1. The van der Waals surface area contributed by atoms with E-state index in [4.69, 9.17) is 4.74 Å². The van der Waals surface area contributed by atoms with E-state index in [1.54, 1.807) is 0 Å². The van der Waals surface area contributed by atoms with Crippen LogP contribution >= 0.6 is 0 Å². The Labute approximate surface area is 92.3 Å². The van der Waals surface area contributed by atoms with Gasteiger partial charge in [-0.1, -0.05) is 20.8 Å². The summed E-state index contributed by atoms with van der Waals surface area (Å²) < 4.78 is 10.1. The van der Waals surface area contributed by atoms with Crippen LogP contribution in [0.5, 0.6) is 0 Å². The van der Waals surface area contributed by atoms with Gasteiger partial charge in [-0.05, 0) is 18.9 Å². The van der Waals surface area contributed by atoms with Gasteiger partial charge in [0.05, 0.1) is 7.11 Å². The molecule has 0 aromatic rings. The molecule has 0 rings (SSSR count). The van der Waals surface area contributed by atoms with Gasteiger partial charge in [-0.25, -0.2) is 0 Å². The largest absolute Gasteiger partial charge is 0.468 e. The van der Waals surface area contributed by atoms with Crippen molar-refractivity contribution < 1.29 is 14.3 Å². The Hall–Kier alpha value is -0.610. The van der Waals surface area contributed by atoms with Gasteiger partial charge in [0.2, 0.25) is 0 Å². The molecule has 0 saturated carbocycles. The molecule has 0 aliphatic rings. The van der Waals surface area contributed by atoms with Crippen molar-refractivity contribution in [2.24, 2.45) is 5.92 Å². The summed E-state index contributed by atoms with van der Waals surface area (Å²) in [5, 5.41) is 3.07. The van der Waals surface area contributed by atoms with Crippen LogP contribution in [-0.2, 0) is 14.3 Å². The molecule has 90 valence electrons. The zero-order valence-corrected chi connectivity index (χ0v) is 10.2. The summed E-state index contributed by atoms with van der Waals surface area (Å²) in [6.07, 6.45) is 0.660. The summed E-state index contributed by atoms with van der Waals surface area (Å²) in [5.74, 6) is 0.311. The van der Waals surface area contributed by atoms with E-state index >= 15 is 0 Å². The molecule has 0 bridgehead atoms. The second-order valence-corrected chi connectivity index (χ2v) is 3.89. The second kappa shape index (κ2) is 8.68. The van der Waals surface area contributed by atoms with Crippen molar-refractivity contribution >= 4 is 5.97 Å². The highest BCUT2D eigenvalue weighted by molar-refractivity contribution is 5.75. The van der Waals surface area contributed by atoms with E-state index in [2.05, 4.69) is 23.9 Å². The smallest absolute Gasteiger partial charge is 0.322 e. The fourth-order valence-electron chi connectivity index (χ4n) is 1.21. The third kappa shape index (κ3) is 7.33. The van der Waals surface area contributed by atoms with E-state index in [1.807, 2.05) is 6.92 Å². The molecule has 0 heterocycles. The van der Waals surface area contributed by atoms with Crippen LogP contribution in [0.15, 0.2) is 0 Å². The number of ether oxygens (including phenoxy) is 2. The lowest BCUT2D eigenvalue weighted by atomic mass is 10.2. The number of hydrogen-bond acceptors (Lipinski definition) is 4. The minimum absolute atomic E-state index is 0.218. The summed E-state index contributed by atoms with van der Waals surface area (Å²) in [5.41, 5.74) is 0. The maximum absolute atomic E-state index is 11.3. The van der Waals surface area contributed by atoms with Crippen molar-refractivity contribution in [1.29, 1.82) is 0 Å². The molecule has 0 aromatic carbocycles. The Morgan fingerprint density at radius 3 is 2.53 bits per heavy atom. The topological polar surface area (TPSA) is 47.6 Å². The Balaban J connectivity index is 3.71. The molecule has 0 saturated heterocycles. The summed E-state index contributed by atoms with van der Waals surface area (Å²) in [7, 11) is 1.40. The maximum atomic E-state index is 11.3. The number of rotatable bonds is 8. The molecule has 1 atom stereocenters. The molecule has 0 aliphatic heterocycles. The van der Waals surface area contributed by atoms with Crippen molar-refractivity contribution in [3.05, 3.63) is 0 Å². The molecule has 1 N–H and O–H groups in total. The van der Waals surface area contributed by atoms with Gasteiger partial charge in [-0.3, -0.25) is 4.79 Å².